The summed E-state index contributed by atoms with van der Waals surface area (Å²) in [6.07, 6.45) is 1.67. The van der Waals surface area contributed by atoms with Crippen LogP contribution in [0, 0.1) is 40.9 Å². The molecule has 0 aliphatic heterocycles. The van der Waals surface area contributed by atoms with E-state index in [1.807, 2.05) is 0 Å². The Morgan fingerprint density at radius 2 is 1.46 bits per heavy atom. The van der Waals surface area contributed by atoms with Gasteiger partial charge in [0.2, 0.25) is 0 Å². The summed E-state index contributed by atoms with van der Waals surface area (Å²) in [4.78, 5) is 14.7. The molecule has 2 aromatic carbocycles. The molecule has 48 heavy (non-hydrogen) atoms. The van der Waals surface area contributed by atoms with E-state index in [2.05, 4.69) is 150 Å². The molecule has 2 aliphatic carbocycles. The molecule has 2 aromatic rings. The van der Waals surface area contributed by atoms with Gasteiger partial charge in [0, 0.05) is 18.4 Å². The molecule has 0 amide bonds. The van der Waals surface area contributed by atoms with Gasteiger partial charge in [-0.15, -0.1) is 0 Å². The van der Waals surface area contributed by atoms with E-state index in [1.54, 1.807) is 0 Å². The van der Waals surface area contributed by atoms with Gasteiger partial charge in [-0.05, 0) is 81.9 Å². The minimum atomic E-state index is -2.73. The number of hydrogen-bond donors (Lipinski definition) is 1. The first kappa shape index (κ1) is 39.0. The molecule has 0 radical (unpaired) electrons. The summed E-state index contributed by atoms with van der Waals surface area (Å²) in [6, 6.07) is 21.4. The normalized spacial score (nSPS) is 25.9. The number of aliphatic hydroxyl groups excluding tert-OH is 1. The number of carbonyl (C=O) groups is 1. The van der Waals surface area contributed by atoms with Gasteiger partial charge in [-0.1, -0.05) is 142 Å². The Morgan fingerprint density at radius 3 is 1.94 bits per heavy atom. The lowest BCUT2D eigenvalue weighted by Crippen LogP contribution is -2.66. The number of fused-ring (bicyclic) bond motifs is 1. The average molecular weight is 691 g/mol. The highest BCUT2D eigenvalue weighted by atomic mass is 28.4. The monoisotopic (exact) mass is 690 g/mol. The molecule has 2 saturated carbocycles. The Bertz CT molecular complexity index is 1350. The van der Waals surface area contributed by atoms with Crippen LogP contribution >= 0.6 is 0 Å². The summed E-state index contributed by atoms with van der Waals surface area (Å²) in [5.41, 5.74) is 1.09. The molecule has 1 N–H and O–H groups in total. The number of carbonyl (C=O) groups excluding carboxylic acids is 1. The number of Topliss-reactive ketones (excluding diaryl/α,β-unsaturated/α-hetero) is 1. The highest BCUT2D eigenvalue weighted by molar-refractivity contribution is 6.99. The average Bonchev–Trinajstić information content (AvgIpc) is 3.56. The lowest BCUT2D eigenvalue weighted by molar-refractivity contribution is -0.135. The number of aliphatic hydroxyl groups is 1. The van der Waals surface area contributed by atoms with Crippen LogP contribution in [0.15, 0.2) is 72.8 Å². The zero-order valence-electron chi connectivity index (χ0n) is 32.2. The van der Waals surface area contributed by atoms with Gasteiger partial charge in [0.05, 0.1) is 12.7 Å². The number of ketones is 1. The predicted octanol–water partition coefficient (Wildman–Crippen LogP) is 9.03. The van der Waals surface area contributed by atoms with Gasteiger partial charge in [-0.25, -0.2) is 0 Å². The molecule has 0 aromatic heterocycles. The van der Waals surface area contributed by atoms with Crippen molar-refractivity contribution in [1.82, 2.24) is 0 Å². The molecule has 0 bridgehead atoms. The van der Waals surface area contributed by atoms with E-state index in [0.717, 1.165) is 18.4 Å². The molecule has 6 heteroatoms. The minimum Gasteiger partial charge on any atom is -0.417 e. The Balaban J connectivity index is 1.54. The van der Waals surface area contributed by atoms with Gasteiger partial charge in [0.25, 0.3) is 8.32 Å². The fourth-order valence-corrected chi connectivity index (χ4v) is 14.2. The molecule has 0 saturated heterocycles. The fraction of sp³-hybridized carbons (Fsp3) is 0.643. The molecule has 2 aliphatic rings. The molecular weight excluding hydrogens is 625 g/mol. The minimum absolute atomic E-state index is 0.0177. The van der Waals surface area contributed by atoms with E-state index < -0.39 is 22.7 Å². The van der Waals surface area contributed by atoms with Crippen molar-refractivity contribution in [3.63, 3.8) is 0 Å². The van der Waals surface area contributed by atoms with Crippen molar-refractivity contribution in [2.24, 2.45) is 40.9 Å². The SMILES string of the molecule is C=C(CO[Si](c1ccccc1)(c1ccccc1)C(C)(C)C)C[C@@H]1C(=O)[C@@H]([C@@H](O)[C@H](C)CCO[Si](C)(C)C(C)(C)C)[C@H](C)C[C@@H]2[C@H]1C2(C)C. The maximum atomic E-state index is 14.7. The van der Waals surface area contributed by atoms with Crippen LogP contribution in [-0.4, -0.2) is 46.8 Å². The van der Waals surface area contributed by atoms with E-state index in [-0.39, 0.29) is 44.9 Å². The summed E-state index contributed by atoms with van der Waals surface area (Å²) >= 11 is 0. The van der Waals surface area contributed by atoms with Crippen LogP contribution < -0.4 is 10.4 Å². The first-order chi connectivity index (χ1) is 22.2. The van der Waals surface area contributed by atoms with Crippen LogP contribution in [0.4, 0.5) is 0 Å². The third-order valence-corrected chi connectivity index (χ3v) is 22.2. The Labute approximate surface area is 295 Å². The highest BCUT2D eigenvalue weighted by Gasteiger charge is 2.65. The van der Waals surface area contributed by atoms with Crippen molar-refractivity contribution < 1.29 is 18.8 Å². The van der Waals surface area contributed by atoms with Crippen LogP contribution in [0.3, 0.4) is 0 Å². The van der Waals surface area contributed by atoms with E-state index in [9.17, 15) is 9.90 Å². The van der Waals surface area contributed by atoms with Gasteiger partial charge in [0.1, 0.15) is 5.78 Å². The Kier molecular flexibility index (Phi) is 11.7. The number of hydrogen-bond acceptors (Lipinski definition) is 4. The van der Waals surface area contributed by atoms with Crippen molar-refractivity contribution >= 4 is 32.8 Å². The largest absolute Gasteiger partial charge is 0.417 e. The van der Waals surface area contributed by atoms with Gasteiger partial charge >= 0.3 is 0 Å². The van der Waals surface area contributed by atoms with E-state index in [1.165, 1.54) is 10.4 Å². The standard InChI is InChI=1S/C42H66O4Si2/c1-29(28-46-48(41(7,8)9,32-20-16-14-17-21-32)33-22-18-15-19-23-33)26-34-37-35(42(37,10)11)27-31(3)36(39(34)44)38(43)30(2)24-25-45-47(12,13)40(4,5)6/h14-23,30-31,34-38,43H,1,24-28H2,2-13H3/t30-,31-,34+,35-,36-,37+,38+/m1/s1. The first-order valence-electron chi connectivity index (χ1n) is 18.4. The van der Waals surface area contributed by atoms with Crippen LogP contribution in [-0.2, 0) is 13.6 Å². The Morgan fingerprint density at radius 1 is 0.938 bits per heavy atom. The maximum absolute atomic E-state index is 14.7. The summed E-state index contributed by atoms with van der Waals surface area (Å²) in [6.45, 7) is 32.7. The fourth-order valence-electron chi connectivity index (χ4n) is 8.60. The molecule has 4 rings (SSSR count). The quantitative estimate of drug-likeness (QED) is 0.168. The predicted molar refractivity (Wildman–Crippen MR) is 207 cm³/mol. The van der Waals surface area contributed by atoms with Crippen LogP contribution in [0.25, 0.3) is 0 Å². The molecular formula is C42H66O4Si2. The third-order valence-electron chi connectivity index (χ3n) is 12.7. The maximum Gasteiger partial charge on any atom is 0.261 e. The van der Waals surface area contributed by atoms with Crippen molar-refractivity contribution in [1.29, 1.82) is 0 Å². The summed E-state index contributed by atoms with van der Waals surface area (Å²) in [5.74, 6) is 0.630. The van der Waals surface area contributed by atoms with Crippen molar-refractivity contribution in [3.05, 3.63) is 72.8 Å². The second-order valence-corrected chi connectivity index (χ2v) is 27.6. The molecule has 266 valence electrons. The zero-order valence-corrected chi connectivity index (χ0v) is 34.2. The van der Waals surface area contributed by atoms with Crippen LogP contribution in [0.2, 0.25) is 23.2 Å². The number of benzene rings is 2. The second-order valence-electron chi connectivity index (χ2n) is 18.5. The van der Waals surface area contributed by atoms with Gasteiger partial charge in [-0.2, -0.15) is 0 Å². The highest BCUT2D eigenvalue weighted by Crippen LogP contribution is 2.67. The molecule has 0 spiro atoms. The summed E-state index contributed by atoms with van der Waals surface area (Å²) < 4.78 is 13.7. The van der Waals surface area contributed by atoms with Gasteiger partial charge in [-0.3, -0.25) is 4.79 Å². The van der Waals surface area contributed by atoms with E-state index in [4.69, 9.17) is 8.85 Å². The van der Waals surface area contributed by atoms with E-state index in [0.29, 0.717) is 31.5 Å². The van der Waals surface area contributed by atoms with Crippen molar-refractivity contribution in [3.8, 4) is 0 Å². The molecule has 7 atom stereocenters. The molecule has 4 nitrogen and oxygen atoms in total. The molecule has 2 fully saturated rings. The number of rotatable bonds is 13. The van der Waals surface area contributed by atoms with Crippen molar-refractivity contribution in [2.45, 2.75) is 118 Å². The topological polar surface area (TPSA) is 55.8 Å². The third kappa shape index (κ3) is 7.73. The zero-order chi connectivity index (χ0) is 35.9. The molecule has 0 unspecified atom stereocenters. The van der Waals surface area contributed by atoms with E-state index >= 15 is 0 Å². The van der Waals surface area contributed by atoms with Crippen LogP contribution in [0.1, 0.15) is 88.5 Å². The second kappa shape index (κ2) is 14.4. The summed E-state index contributed by atoms with van der Waals surface area (Å²) in [7, 11) is -4.60. The van der Waals surface area contributed by atoms with Gasteiger partial charge in [0.15, 0.2) is 8.32 Å². The van der Waals surface area contributed by atoms with Crippen molar-refractivity contribution in [2.75, 3.05) is 13.2 Å². The lowest BCUT2D eigenvalue weighted by atomic mass is 9.73. The van der Waals surface area contributed by atoms with Gasteiger partial charge < -0.3 is 14.0 Å². The van der Waals surface area contributed by atoms with Crippen LogP contribution in [0.5, 0.6) is 0 Å². The molecule has 0 heterocycles. The smallest absolute Gasteiger partial charge is 0.261 e. The summed E-state index contributed by atoms with van der Waals surface area (Å²) in [5, 5.41) is 14.3. The Hall–Kier alpha value is -1.84. The lowest BCUT2D eigenvalue weighted by Gasteiger charge is -2.43. The first-order valence-corrected chi connectivity index (χ1v) is 23.3.